The Balaban J connectivity index is 2.11. The topological polar surface area (TPSA) is 41.1 Å². The molecular formula is C16H24N2O. The molecule has 0 bridgehead atoms. The minimum atomic E-state index is 0.0409. The van der Waals surface area contributed by atoms with Crippen molar-refractivity contribution in [2.24, 2.45) is 5.92 Å². The fourth-order valence-corrected chi connectivity index (χ4v) is 2.95. The molecule has 0 aliphatic carbocycles. The molecule has 0 aromatic heterocycles. The van der Waals surface area contributed by atoms with Gasteiger partial charge in [0, 0.05) is 17.6 Å². The van der Waals surface area contributed by atoms with Gasteiger partial charge in [0.1, 0.15) is 0 Å². The Labute approximate surface area is 115 Å². The maximum Gasteiger partial charge on any atom is 0.251 e. The van der Waals surface area contributed by atoms with E-state index in [4.69, 9.17) is 0 Å². The molecule has 0 spiro atoms. The average Bonchev–Trinajstić information content (AvgIpc) is 2.32. The highest BCUT2D eigenvalue weighted by molar-refractivity contribution is 5.94. The van der Waals surface area contributed by atoms with Gasteiger partial charge in [-0.3, -0.25) is 4.79 Å². The Hall–Kier alpha value is -1.35. The highest BCUT2D eigenvalue weighted by atomic mass is 16.1. The van der Waals surface area contributed by atoms with Gasteiger partial charge in [0.05, 0.1) is 0 Å². The lowest BCUT2D eigenvalue weighted by atomic mass is 9.89. The van der Waals surface area contributed by atoms with E-state index >= 15 is 0 Å². The second-order valence-electron chi connectivity index (χ2n) is 5.88. The van der Waals surface area contributed by atoms with Crippen LogP contribution < -0.4 is 10.6 Å². The lowest BCUT2D eigenvalue weighted by Gasteiger charge is -2.36. The third-order valence-electron chi connectivity index (χ3n) is 4.00. The normalized spacial score (nSPS) is 27.1. The van der Waals surface area contributed by atoms with Gasteiger partial charge in [0.25, 0.3) is 5.91 Å². The van der Waals surface area contributed by atoms with E-state index in [0.717, 1.165) is 29.7 Å². The number of hydrogen-bond acceptors (Lipinski definition) is 2. The molecule has 1 saturated heterocycles. The quantitative estimate of drug-likeness (QED) is 0.857. The first-order valence-corrected chi connectivity index (χ1v) is 7.10. The molecule has 1 aliphatic heterocycles. The van der Waals surface area contributed by atoms with Crippen LogP contribution in [0.1, 0.15) is 41.8 Å². The van der Waals surface area contributed by atoms with Crippen LogP contribution in [0.4, 0.5) is 0 Å². The minimum absolute atomic E-state index is 0.0409. The summed E-state index contributed by atoms with van der Waals surface area (Å²) in [4.78, 5) is 12.4. The van der Waals surface area contributed by atoms with Crippen molar-refractivity contribution in [1.29, 1.82) is 0 Å². The lowest BCUT2D eigenvalue weighted by molar-refractivity contribution is 0.0897. The van der Waals surface area contributed by atoms with E-state index in [2.05, 4.69) is 30.5 Å². The molecule has 3 nitrogen and oxygen atoms in total. The summed E-state index contributed by atoms with van der Waals surface area (Å²) in [5.41, 5.74) is 3.03. The Morgan fingerprint density at radius 2 is 1.84 bits per heavy atom. The Morgan fingerprint density at radius 3 is 2.42 bits per heavy atom. The van der Waals surface area contributed by atoms with Crippen molar-refractivity contribution in [2.45, 2.75) is 46.2 Å². The summed E-state index contributed by atoms with van der Waals surface area (Å²) in [6.07, 6.45) is 1.11. The van der Waals surface area contributed by atoms with Gasteiger partial charge in [0.15, 0.2) is 0 Å². The van der Waals surface area contributed by atoms with Crippen LogP contribution in [0.25, 0.3) is 0 Å². The third-order valence-corrected chi connectivity index (χ3v) is 4.00. The van der Waals surface area contributed by atoms with Gasteiger partial charge in [-0.1, -0.05) is 24.1 Å². The lowest BCUT2D eigenvalue weighted by Crippen LogP contribution is -2.55. The molecule has 2 rings (SSSR count). The molecule has 1 aliphatic rings. The van der Waals surface area contributed by atoms with Gasteiger partial charge in [-0.15, -0.1) is 0 Å². The summed E-state index contributed by atoms with van der Waals surface area (Å²) >= 11 is 0. The van der Waals surface area contributed by atoms with Crippen LogP contribution in [0.5, 0.6) is 0 Å². The maximum absolute atomic E-state index is 12.4. The molecule has 104 valence electrons. The Morgan fingerprint density at radius 1 is 1.21 bits per heavy atom. The summed E-state index contributed by atoms with van der Waals surface area (Å²) in [6.45, 7) is 9.44. The number of hydrogen-bond donors (Lipinski definition) is 2. The zero-order valence-corrected chi connectivity index (χ0v) is 12.3. The summed E-state index contributed by atoms with van der Waals surface area (Å²) in [7, 11) is 0. The van der Waals surface area contributed by atoms with Gasteiger partial charge < -0.3 is 10.6 Å². The summed E-state index contributed by atoms with van der Waals surface area (Å²) in [6, 6.07) is 6.53. The highest BCUT2D eigenvalue weighted by Gasteiger charge is 2.28. The number of benzene rings is 1. The predicted octanol–water partition coefficient (Wildman–Crippen LogP) is 2.42. The van der Waals surface area contributed by atoms with Crippen LogP contribution in [0, 0.1) is 19.8 Å². The van der Waals surface area contributed by atoms with Crippen molar-refractivity contribution in [3.63, 3.8) is 0 Å². The standard InChI is InChI=1S/C16H24N2O/c1-10-7-11(2)9-14(8-10)16(19)18-15-12(3)5-6-17-13(15)4/h7-9,12-13,15,17H,5-6H2,1-4H3,(H,18,19). The van der Waals surface area contributed by atoms with Crippen molar-refractivity contribution >= 4 is 5.91 Å². The first kappa shape index (κ1) is 14.1. The molecule has 3 atom stereocenters. The fourth-order valence-electron chi connectivity index (χ4n) is 2.95. The highest BCUT2D eigenvalue weighted by Crippen LogP contribution is 2.17. The molecular weight excluding hydrogens is 236 g/mol. The summed E-state index contributed by atoms with van der Waals surface area (Å²) < 4.78 is 0. The Bertz CT molecular complexity index is 440. The molecule has 1 aromatic carbocycles. The average molecular weight is 260 g/mol. The maximum atomic E-state index is 12.4. The van der Waals surface area contributed by atoms with Crippen molar-refractivity contribution in [3.05, 3.63) is 34.9 Å². The van der Waals surface area contributed by atoms with E-state index in [1.165, 1.54) is 0 Å². The molecule has 1 amide bonds. The van der Waals surface area contributed by atoms with E-state index in [1.54, 1.807) is 0 Å². The number of rotatable bonds is 2. The zero-order chi connectivity index (χ0) is 14.0. The van der Waals surface area contributed by atoms with E-state index in [0.29, 0.717) is 12.0 Å². The van der Waals surface area contributed by atoms with Gasteiger partial charge in [-0.2, -0.15) is 0 Å². The van der Waals surface area contributed by atoms with Crippen LogP contribution in [-0.2, 0) is 0 Å². The van der Waals surface area contributed by atoms with E-state index in [9.17, 15) is 4.79 Å². The molecule has 1 heterocycles. The van der Waals surface area contributed by atoms with Gasteiger partial charge >= 0.3 is 0 Å². The first-order chi connectivity index (χ1) is 8.97. The summed E-state index contributed by atoms with van der Waals surface area (Å²) in [5.74, 6) is 0.560. The summed E-state index contributed by atoms with van der Waals surface area (Å²) in [5, 5.41) is 6.62. The predicted molar refractivity (Wildman–Crippen MR) is 78.4 cm³/mol. The molecule has 1 aromatic rings. The minimum Gasteiger partial charge on any atom is -0.347 e. The molecule has 1 fully saturated rings. The number of nitrogens with one attached hydrogen (secondary N) is 2. The van der Waals surface area contributed by atoms with E-state index in [-0.39, 0.29) is 11.9 Å². The van der Waals surface area contributed by atoms with Crippen molar-refractivity contribution in [3.8, 4) is 0 Å². The van der Waals surface area contributed by atoms with Crippen LogP contribution in [0.2, 0.25) is 0 Å². The van der Waals surface area contributed by atoms with Crippen LogP contribution in [0.3, 0.4) is 0 Å². The van der Waals surface area contributed by atoms with Gasteiger partial charge in [-0.05, 0) is 51.8 Å². The molecule has 0 saturated carbocycles. The zero-order valence-electron chi connectivity index (χ0n) is 12.3. The molecule has 3 heteroatoms. The number of piperidine rings is 1. The molecule has 3 unspecified atom stereocenters. The number of aryl methyl sites for hydroxylation is 2. The SMILES string of the molecule is Cc1cc(C)cc(C(=O)NC2C(C)CCNC2C)c1. The third kappa shape index (κ3) is 3.35. The molecule has 0 radical (unpaired) electrons. The second-order valence-corrected chi connectivity index (χ2v) is 5.88. The fraction of sp³-hybridized carbons (Fsp3) is 0.562. The van der Waals surface area contributed by atoms with Crippen molar-refractivity contribution in [2.75, 3.05) is 6.54 Å². The first-order valence-electron chi connectivity index (χ1n) is 7.10. The number of carbonyl (C=O) groups is 1. The van der Waals surface area contributed by atoms with Gasteiger partial charge in [-0.25, -0.2) is 0 Å². The van der Waals surface area contributed by atoms with Crippen LogP contribution in [0.15, 0.2) is 18.2 Å². The van der Waals surface area contributed by atoms with E-state index < -0.39 is 0 Å². The largest absolute Gasteiger partial charge is 0.347 e. The number of amides is 1. The monoisotopic (exact) mass is 260 g/mol. The van der Waals surface area contributed by atoms with Crippen LogP contribution in [-0.4, -0.2) is 24.5 Å². The molecule has 2 N–H and O–H groups in total. The smallest absolute Gasteiger partial charge is 0.251 e. The molecule has 19 heavy (non-hydrogen) atoms. The second kappa shape index (κ2) is 5.74. The Kier molecular flexibility index (Phi) is 4.25. The number of carbonyl (C=O) groups excluding carboxylic acids is 1. The van der Waals surface area contributed by atoms with Crippen molar-refractivity contribution < 1.29 is 4.79 Å². The van der Waals surface area contributed by atoms with Crippen molar-refractivity contribution in [1.82, 2.24) is 10.6 Å². The van der Waals surface area contributed by atoms with Crippen LogP contribution >= 0.6 is 0 Å². The van der Waals surface area contributed by atoms with E-state index in [1.807, 2.05) is 26.0 Å². The van der Waals surface area contributed by atoms with Gasteiger partial charge in [0.2, 0.25) is 0 Å².